The van der Waals surface area contributed by atoms with Gasteiger partial charge in [-0.25, -0.2) is 0 Å². The lowest BCUT2D eigenvalue weighted by atomic mass is 9.97. The Balaban J connectivity index is 1.02. The number of para-hydroxylation sites is 2. The van der Waals surface area contributed by atoms with Crippen molar-refractivity contribution in [1.82, 2.24) is 81.5 Å². The minimum atomic E-state index is -1.92. The number of nitrogens with two attached hydrogens (primary N) is 3. The summed E-state index contributed by atoms with van der Waals surface area (Å²) < 4.78 is 1.45. The van der Waals surface area contributed by atoms with Gasteiger partial charge in [-0.05, 0) is 136 Å². The molecule has 2 aromatic heterocycles. The minimum Gasteiger partial charge on any atom is -0.481 e. The fourth-order valence-electron chi connectivity index (χ4n) is 18.5. The molecule has 5 aliphatic rings. The molecule has 15 atom stereocenters. The van der Waals surface area contributed by atoms with Crippen LogP contribution in [0.25, 0.3) is 21.8 Å². The molecular weight excluding hydrogens is 1730 g/mol. The van der Waals surface area contributed by atoms with Crippen LogP contribution >= 0.6 is 11.6 Å². The fourth-order valence-corrected chi connectivity index (χ4v) is 18.7. The first-order valence-corrected chi connectivity index (χ1v) is 46.1. The van der Waals surface area contributed by atoms with Crippen LogP contribution in [0.15, 0.2) is 85.2 Å². The number of nitrogens with zero attached hydrogens (tertiary/aromatic N) is 7. The van der Waals surface area contributed by atoms with Gasteiger partial charge in [0.15, 0.2) is 5.66 Å². The van der Waals surface area contributed by atoms with Crippen molar-refractivity contribution in [3.8, 4) is 0 Å². The van der Waals surface area contributed by atoms with Crippen molar-refractivity contribution in [3.63, 3.8) is 0 Å². The summed E-state index contributed by atoms with van der Waals surface area (Å²) in [6.07, 6.45) is 0.966. The van der Waals surface area contributed by atoms with Crippen molar-refractivity contribution >= 4 is 134 Å². The van der Waals surface area contributed by atoms with E-state index in [4.69, 9.17) is 28.8 Å². The van der Waals surface area contributed by atoms with Crippen LogP contribution in [0.2, 0.25) is 5.02 Å². The number of carboxylic acids is 2. The lowest BCUT2D eigenvalue weighted by Gasteiger charge is -2.38. The zero-order valence-electron chi connectivity index (χ0n) is 76.1. The molecule has 10 rings (SSSR count). The normalized spacial score (nSPS) is 26.5. The molecule has 5 fully saturated rings. The van der Waals surface area contributed by atoms with Gasteiger partial charge in [-0.2, -0.15) is 0 Å². The number of aromatic nitrogens is 2. The van der Waals surface area contributed by atoms with Crippen molar-refractivity contribution < 1.29 is 96.8 Å². The van der Waals surface area contributed by atoms with Gasteiger partial charge in [0.25, 0.3) is 5.91 Å². The number of H-pyrrole nitrogens is 1. The molecule has 5 saturated heterocycles. The zero-order valence-corrected chi connectivity index (χ0v) is 76.9. The summed E-state index contributed by atoms with van der Waals surface area (Å²) >= 11 is 6.30. The number of carboxylic acid groups (broad SMARTS) is 2. The number of carbonyl (C=O) groups is 17. The van der Waals surface area contributed by atoms with Crippen LogP contribution in [-0.2, 0) is 107 Å². The van der Waals surface area contributed by atoms with E-state index in [1.807, 2.05) is 13.8 Å². The molecule has 3 aromatic carbocycles. The van der Waals surface area contributed by atoms with Gasteiger partial charge in [-0.1, -0.05) is 127 Å². The molecular formula is C92H128ClN19O20. The van der Waals surface area contributed by atoms with Crippen molar-refractivity contribution in [3.05, 3.63) is 107 Å². The molecule has 7 heterocycles. The Morgan fingerprint density at radius 2 is 1.12 bits per heavy atom. The van der Waals surface area contributed by atoms with Crippen molar-refractivity contribution in [2.24, 2.45) is 29.0 Å². The average molecular weight is 1860 g/mol. The number of hydrogen-bond acceptors (Lipinski definition) is 20. The number of fused-ring (bicyclic) bond motifs is 4. The first-order chi connectivity index (χ1) is 62.8. The SMILES string of the molecule is CCCC[C@H]1C(=O)N(C)[C@@H](CCCC)C(=O)N[C@@H](CC(C)C)C(=O)N[C@H](C(N)=O)CCCC(=O)N[C@@H](Cc2ccc(Cl)cc2)C(=O)N2CCCC[C@@]23C(=O)N3[C@@H](CC(=O)O)C(=O)N2CCC[C@H]2C(=O)N[C@@H](CN)C(=O)N[C@@H](CC(C)C)C(=O)N2C[C@H](O)C[C@H]2C(=O)N[C@@H](Cc2c[nH]c3ccccc23)C(=O)N[C@@H](CCN)C(=O)N[C@@H](Cc2cn(CC(=O)O)c3ccccc23)C(=O)N1C. The number of halogens is 1. The summed E-state index contributed by atoms with van der Waals surface area (Å²) in [6, 6.07) is 0.528. The summed E-state index contributed by atoms with van der Waals surface area (Å²) in [5.41, 5.74) is 19.1. The summed E-state index contributed by atoms with van der Waals surface area (Å²) in [6.45, 7) is 8.72. The van der Waals surface area contributed by atoms with E-state index >= 15 is 43.2 Å². The predicted octanol–water partition coefficient (Wildman–Crippen LogP) is 1.22. The molecule has 718 valence electrons. The number of aliphatic hydroxyl groups is 1. The first-order valence-electron chi connectivity index (χ1n) is 45.7. The lowest BCUT2D eigenvalue weighted by molar-refractivity contribution is -0.149. The second-order valence-corrected chi connectivity index (χ2v) is 36.5. The largest absolute Gasteiger partial charge is 0.481 e. The van der Waals surface area contributed by atoms with Gasteiger partial charge in [0, 0.05) is 112 Å². The van der Waals surface area contributed by atoms with Crippen LogP contribution in [0.4, 0.5) is 0 Å². The van der Waals surface area contributed by atoms with E-state index in [0.29, 0.717) is 82.0 Å². The molecule has 5 aromatic rings. The maximum absolute atomic E-state index is 15.9. The molecule has 15 amide bonds. The number of unbranched alkanes of at least 4 members (excludes halogenated alkanes) is 2. The number of amides is 15. The van der Waals surface area contributed by atoms with E-state index in [0.717, 1.165) is 19.6 Å². The van der Waals surface area contributed by atoms with Gasteiger partial charge in [0.1, 0.15) is 85.1 Å². The summed E-state index contributed by atoms with van der Waals surface area (Å²) in [7, 11) is 2.74. The Kier molecular flexibility index (Phi) is 35.8. The van der Waals surface area contributed by atoms with E-state index in [2.05, 4.69) is 47.5 Å². The van der Waals surface area contributed by atoms with E-state index in [-0.39, 0.29) is 128 Å². The number of aliphatic hydroxyl groups excluding tert-OH is 1. The third kappa shape index (κ3) is 25.0. The van der Waals surface area contributed by atoms with E-state index in [1.54, 1.807) is 107 Å². The minimum absolute atomic E-state index is 0.00722. The number of primary amides is 1. The zero-order chi connectivity index (χ0) is 96.3. The smallest absolute Gasteiger partial charge is 0.323 e. The van der Waals surface area contributed by atoms with Gasteiger partial charge in [-0.15, -0.1) is 0 Å². The summed E-state index contributed by atoms with van der Waals surface area (Å²) in [5, 5.41) is 55.5. The Labute approximate surface area is 770 Å². The van der Waals surface area contributed by atoms with E-state index in [9.17, 15) is 53.7 Å². The molecule has 0 bridgehead atoms. The van der Waals surface area contributed by atoms with Gasteiger partial charge < -0.3 is 109 Å². The third-order valence-corrected chi connectivity index (χ3v) is 25.7. The van der Waals surface area contributed by atoms with Crippen LogP contribution in [0.1, 0.15) is 180 Å². The molecule has 40 heteroatoms. The van der Waals surface area contributed by atoms with Crippen LogP contribution < -0.4 is 59.7 Å². The number of hydrogen-bond donors (Lipinski definition) is 15. The highest BCUT2D eigenvalue weighted by Gasteiger charge is 2.72. The number of aromatic amines is 1. The summed E-state index contributed by atoms with van der Waals surface area (Å²) in [4.78, 5) is 261. The lowest BCUT2D eigenvalue weighted by Crippen LogP contribution is -2.61. The van der Waals surface area contributed by atoms with Crippen LogP contribution in [0.3, 0.4) is 0 Å². The number of nitrogens with one attached hydrogen (secondary N) is 9. The van der Waals surface area contributed by atoms with Crippen LogP contribution in [0, 0.1) is 11.8 Å². The Hall–Kier alpha value is -12.1. The maximum atomic E-state index is 15.9. The topological polar surface area (TPSA) is 565 Å². The molecule has 1 spiro atoms. The number of benzene rings is 3. The van der Waals surface area contributed by atoms with E-state index in [1.165, 1.54) is 34.7 Å². The second kappa shape index (κ2) is 46.3. The number of rotatable bonds is 24. The number of aliphatic carboxylic acids is 2. The Morgan fingerprint density at radius 3 is 1.78 bits per heavy atom. The van der Waals surface area contributed by atoms with Crippen LogP contribution in [0.5, 0.6) is 0 Å². The highest BCUT2D eigenvalue weighted by Crippen LogP contribution is 2.48. The standard InChI is InChI=1S/C92H128ClN19O20/c1-9-11-25-70-83(124)101-63(39-51(3)4)80(121)99-61(78(96)119)24-19-29-75(114)98-66(41-53-30-32-56(93)33-31-53)88(129)111-38-18-17-35-92(111)91(132)112(92)74(45-76(115)116)90(131)109-37-20-28-71(109)84(125)105-68(46-95)82(123)103-65(40-52(5)6)87(128)110-49-57(113)44-73(110)85(126)102-64(42-54-47-97-60-23-15-13-21-58(54)60)81(122)100-62(34-36-94)79(120)104-67(86(127)107(8)72(26-12-10-2)89(130)106(70)7)43-55-48-108(50-77(117)118)69-27-16-14-22-59(55)69/h13-16,21-23,27,30-33,47-48,51-52,57,61-68,70-74,97,113H,9-12,17-20,24-26,28-29,34-46,49-50,94-95H2,1-8H3,(H2,96,119)(H,98,114)(H,99,121)(H,100,122)(H,101,124)(H,102,126)(H,103,123)(H,104,120)(H,105,125)(H,115,116)(H,117,118)/t57-,61+,62+,63+,64+,65+,66+,67+,68+,70+,71+,72+,73+,74+,92-,112?/m1/s1. The van der Waals surface area contributed by atoms with Gasteiger partial charge in [0.05, 0.1) is 12.5 Å². The average Bonchev–Trinajstić information content (AvgIpc) is 1.52. The van der Waals surface area contributed by atoms with Gasteiger partial charge >= 0.3 is 11.9 Å². The van der Waals surface area contributed by atoms with Crippen molar-refractivity contribution in [2.75, 3.05) is 46.8 Å². The maximum Gasteiger partial charge on any atom is 0.323 e. The predicted molar refractivity (Wildman–Crippen MR) is 485 cm³/mol. The molecule has 0 aliphatic carbocycles. The number of piperidine rings is 1. The van der Waals surface area contributed by atoms with Gasteiger partial charge in [0.2, 0.25) is 82.7 Å². The Morgan fingerprint density at radius 1 is 0.538 bits per heavy atom. The highest BCUT2D eigenvalue weighted by molar-refractivity contribution is 6.30. The Bertz CT molecular complexity index is 5060. The van der Waals surface area contributed by atoms with Crippen LogP contribution in [-0.4, -0.2) is 292 Å². The first kappa shape index (κ1) is 102. The molecule has 0 saturated carbocycles. The summed E-state index contributed by atoms with van der Waals surface area (Å²) in [5.74, 6) is -16.5. The van der Waals surface area contributed by atoms with Crippen molar-refractivity contribution in [1.29, 1.82) is 0 Å². The third-order valence-electron chi connectivity index (χ3n) is 25.4. The monoisotopic (exact) mass is 1850 g/mol. The molecule has 0 radical (unpaired) electrons. The van der Waals surface area contributed by atoms with Crippen molar-refractivity contribution in [2.45, 2.75) is 280 Å². The molecule has 39 nitrogen and oxygen atoms in total. The molecule has 132 heavy (non-hydrogen) atoms. The second-order valence-electron chi connectivity index (χ2n) is 36.1. The quantitative estimate of drug-likeness (QED) is 0.0386. The molecule has 18 N–H and O–H groups in total. The molecule has 0 unspecified atom stereocenters. The fraction of sp³-hybridized carbons (Fsp3) is 0.576. The molecule has 5 aliphatic heterocycles. The highest BCUT2D eigenvalue weighted by atomic mass is 35.5. The van der Waals surface area contributed by atoms with E-state index < -0.39 is 217 Å². The number of carbonyl (C=O) groups excluding carboxylic acids is 15. The van der Waals surface area contributed by atoms with Gasteiger partial charge in [-0.3, -0.25) is 86.4 Å². The number of likely N-dealkylation sites (N-methyl/N-ethyl adjacent to an activating group) is 2.